The van der Waals surface area contributed by atoms with E-state index in [0.717, 1.165) is 5.56 Å². The van der Waals surface area contributed by atoms with Crippen molar-refractivity contribution in [3.63, 3.8) is 0 Å². The Morgan fingerprint density at radius 1 is 1.47 bits per heavy atom. The number of hydrogen-bond donors (Lipinski definition) is 1. The molecule has 0 aliphatic carbocycles. The summed E-state index contributed by atoms with van der Waals surface area (Å²) >= 11 is 6.07. The number of halogens is 1. The summed E-state index contributed by atoms with van der Waals surface area (Å²) in [6, 6.07) is 4.86. The zero-order chi connectivity index (χ0) is 14.6. The van der Waals surface area contributed by atoms with Gasteiger partial charge in [0.05, 0.1) is 10.7 Å². The second-order valence-corrected chi connectivity index (χ2v) is 5.58. The molecule has 0 heterocycles. The third-order valence-corrected chi connectivity index (χ3v) is 2.62. The standard InChI is InChI=1S/C14H17ClN2O2/c1-9(16-5)10-6-7-12(11(15)8-10)17-13(18)19-14(2,3)4/h6-9H,1-4H3,(H,17,18). The summed E-state index contributed by atoms with van der Waals surface area (Å²) in [6.45, 7) is 14.1. The fraction of sp³-hybridized carbons (Fsp3) is 0.429. The number of nitrogens with one attached hydrogen (secondary N) is 1. The largest absolute Gasteiger partial charge is 0.444 e. The molecule has 1 N–H and O–H groups in total. The zero-order valence-corrected chi connectivity index (χ0v) is 12.2. The third-order valence-electron chi connectivity index (χ3n) is 2.30. The Labute approximate surface area is 118 Å². The lowest BCUT2D eigenvalue weighted by atomic mass is 10.1. The molecule has 1 unspecified atom stereocenters. The van der Waals surface area contributed by atoms with E-state index < -0.39 is 11.7 Å². The van der Waals surface area contributed by atoms with Gasteiger partial charge in [0.15, 0.2) is 0 Å². The Balaban J connectivity index is 2.81. The SMILES string of the molecule is [C-]#[N+]C(C)c1ccc(NC(=O)OC(C)(C)C)c(Cl)c1. The number of benzene rings is 1. The number of amides is 1. The molecule has 1 atom stereocenters. The fourth-order valence-corrected chi connectivity index (χ4v) is 1.62. The molecule has 0 saturated heterocycles. The second kappa shape index (κ2) is 5.94. The van der Waals surface area contributed by atoms with Crippen LogP contribution in [0.1, 0.15) is 39.3 Å². The molecule has 0 bridgehead atoms. The molecule has 102 valence electrons. The molecule has 0 fully saturated rings. The summed E-state index contributed by atoms with van der Waals surface area (Å²) in [6.07, 6.45) is -0.555. The molecule has 1 aromatic carbocycles. The van der Waals surface area contributed by atoms with Crippen LogP contribution in [-0.4, -0.2) is 11.7 Å². The first kappa shape index (κ1) is 15.3. The van der Waals surface area contributed by atoms with E-state index in [4.69, 9.17) is 22.9 Å². The van der Waals surface area contributed by atoms with Crippen molar-refractivity contribution >= 4 is 23.4 Å². The summed E-state index contributed by atoms with van der Waals surface area (Å²) in [5.74, 6) is 0. The van der Waals surface area contributed by atoms with Gasteiger partial charge in [0.25, 0.3) is 0 Å². The monoisotopic (exact) mass is 280 g/mol. The summed E-state index contributed by atoms with van der Waals surface area (Å²) in [7, 11) is 0. The van der Waals surface area contributed by atoms with E-state index >= 15 is 0 Å². The number of carbonyl (C=O) groups is 1. The van der Waals surface area contributed by atoms with Gasteiger partial charge in [0, 0.05) is 12.5 Å². The molecule has 0 aliphatic rings. The van der Waals surface area contributed by atoms with Crippen LogP contribution in [0, 0.1) is 6.57 Å². The van der Waals surface area contributed by atoms with E-state index in [1.54, 1.807) is 45.9 Å². The average Bonchev–Trinajstić information content (AvgIpc) is 2.28. The molecule has 0 radical (unpaired) electrons. The first-order valence-electron chi connectivity index (χ1n) is 5.89. The molecule has 0 spiro atoms. The van der Waals surface area contributed by atoms with Crippen LogP contribution in [0.3, 0.4) is 0 Å². The first-order valence-corrected chi connectivity index (χ1v) is 6.27. The average molecular weight is 281 g/mol. The second-order valence-electron chi connectivity index (χ2n) is 5.17. The maximum atomic E-state index is 11.6. The highest BCUT2D eigenvalue weighted by Crippen LogP contribution is 2.27. The topological polar surface area (TPSA) is 42.7 Å². The smallest absolute Gasteiger partial charge is 0.412 e. The molecule has 1 amide bonds. The van der Waals surface area contributed by atoms with E-state index in [1.807, 2.05) is 0 Å². The van der Waals surface area contributed by atoms with Crippen LogP contribution in [0.15, 0.2) is 18.2 Å². The minimum Gasteiger partial charge on any atom is -0.444 e. The van der Waals surface area contributed by atoms with E-state index in [0.29, 0.717) is 10.7 Å². The Morgan fingerprint density at radius 2 is 2.11 bits per heavy atom. The summed E-state index contributed by atoms with van der Waals surface area (Å²) < 4.78 is 5.14. The maximum absolute atomic E-state index is 11.6. The van der Waals surface area contributed by atoms with Gasteiger partial charge in [0.2, 0.25) is 6.04 Å². The zero-order valence-electron chi connectivity index (χ0n) is 11.5. The van der Waals surface area contributed by atoms with Crippen molar-refractivity contribution in [1.29, 1.82) is 0 Å². The van der Waals surface area contributed by atoms with Crippen molar-refractivity contribution in [2.24, 2.45) is 0 Å². The quantitative estimate of drug-likeness (QED) is 0.800. The molecule has 0 aliphatic heterocycles. The van der Waals surface area contributed by atoms with Gasteiger partial charge >= 0.3 is 6.09 Å². The van der Waals surface area contributed by atoms with Gasteiger partial charge in [-0.3, -0.25) is 5.32 Å². The van der Waals surface area contributed by atoms with E-state index in [9.17, 15) is 4.79 Å². The predicted octanol–water partition coefficient (Wildman–Crippen LogP) is 4.67. The molecule has 4 nitrogen and oxygen atoms in total. The summed E-state index contributed by atoms with van der Waals surface area (Å²) in [4.78, 5) is 15.0. The van der Waals surface area contributed by atoms with Crippen molar-refractivity contribution in [2.45, 2.75) is 39.3 Å². The number of nitrogens with zero attached hydrogens (tertiary/aromatic N) is 1. The Morgan fingerprint density at radius 3 is 2.58 bits per heavy atom. The number of rotatable bonds is 2. The minimum absolute atomic E-state index is 0.256. The number of anilines is 1. The Bertz CT molecular complexity index is 515. The van der Waals surface area contributed by atoms with Crippen LogP contribution in [0.25, 0.3) is 4.85 Å². The normalized spacial score (nSPS) is 12.4. The van der Waals surface area contributed by atoms with Gasteiger partial charge in [0.1, 0.15) is 5.60 Å². The van der Waals surface area contributed by atoms with Gasteiger partial charge in [-0.15, -0.1) is 0 Å². The number of ether oxygens (including phenoxy) is 1. The van der Waals surface area contributed by atoms with E-state index in [-0.39, 0.29) is 6.04 Å². The molecular formula is C14H17ClN2O2. The van der Waals surface area contributed by atoms with Gasteiger partial charge in [-0.05, 0) is 39.0 Å². The highest BCUT2D eigenvalue weighted by atomic mass is 35.5. The predicted molar refractivity (Wildman–Crippen MR) is 76.3 cm³/mol. The number of carbonyl (C=O) groups excluding carboxylic acids is 1. The van der Waals surface area contributed by atoms with Gasteiger partial charge in [-0.2, -0.15) is 0 Å². The molecule has 5 heteroatoms. The molecule has 0 aromatic heterocycles. The first-order chi connectivity index (χ1) is 8.73. The van der Waals surface area contributed by atoms with Crippen molar-refractivity contribution in [1.82, 2.24) is 0 Å². The highest BCUT2D eigenvalue weighted by Gasteiger charge is 2.18. The van der Waals surface area contributed by atoms with Crippen molar-refractivity contribution in [3.05, 3.63) is 40.2 Å². The summed E-state index contributed by atoms with van der Waals surface area (Å²) in [5, 5.41) is 2.97. The van der Waals surface area contributed by atoms with Crippen LogP contribution in [-0.2, 0) is 4.74 Å². The lowest BCUT2D eigenvalue weighted by molar-refractivity contribution is 0.0636. The van der Waals surface area contributed by atoms with Gasteiger partial charge < -0.3 is 9.58 Å². The Hall–Kier alpha value is -1.73. The molecule has 19 heavy (non-hydrogen) atoms. The molecule has 1 aromatic rings. The van der Waals surface area contributed by atoms with Crippen LogP contribution < -0.4 is 5.32 Å². The summed E-state index contributed by atoms with van der Waals surface area (Å²) in [5.41, 5.74) is 0.723. The van der Waals surface area contributed by atoms with Crippen molar-refractivity contribution < 1.29 is 9.53 Å². The van der Waals surface area contributed by atoms with E-state index in [1.165, 1.54) is 0 Å². The van der Waals surface area contributed by atoms with Crippen LogP contribution in [0.4, 0.5) is 10.5 Å². The maximum Gasteiger partial charge on any atom is 0.412 e. The Kier molecular flexibility index (Phi) is 4.79. The van der Waals surface area contributed by atoms with E-state index in [2.05, 4.69) is 10.2 Å². The fourth-order valence-electron chi connectivity index (χ4n) is 1.38. The van der Waals surface area contributed by atoms with Gasteiger partial charge in [-0.1, -0.05) is 11.6 Å². The van der Waals surface area contributed by atoms with Crippen molar-refractivity contribution in [2.75, 3.05) is 5.32 Å². The van der Waals surface area contributed by atoms with Crippen LogP contribution >= 0.6 is 11.6 Å². The molecule has 0 saturated carbocycles. The third kappa shape index (κ3) is 4.80. The lowest BCUT2D eigenvalue weighted by Gasteiger charge is -2.20. The van der Waals surface area contributed by atoms with Crippen LogP contribution in [0.5, 0.6) is 0 Å². The number of hydrogen-bond acceptors (Lipinski definition) is 2. The molecule has 1 rings (SSSR count). The highest BCUT2D eigenvalue weighted by molar-refractivity contribution is 6.33. The van der Waals surface area contributed by atoms with Crippen LogP contribution in [0.2, 0.25) is 5.02 Å². The van der Waals surface area contributed by atoms with Gasteiger partial charge in [-0.25, -0.2) is 11.4 Å². The minimum atomic E-state index is -0.560. The lowest BCUT2D eigenvalue weighted by Crippen LogP contribution is -2.27. The van der Waals surface area contributed by atoms with Crippen molar-refractivity contribution in [3.8, 4) is 0 Å². The molecular weight excluding hydrogens is 264 g/mol.